The average Bonchev–Trinajstić information content (AvgIpc) is 1.14. The summed E-state index contributed by atoms with van der Waals surface area (Å²) in [7, 11) is -10.1. The third kappa shape index (κ3) is 18.7. The van der Waals surface area contributed by atoms with Gasteiger partial charge in [-0.1, -0.05) is 0 Å². The quantitative estimate of drug-likeness (QED) is 0.310. The average molecular weight is 236 g/mol. The van der Waals surface area contributed by atoms with Crippen LogP contribution in [-0.2, 0) is 13.4 Å². The second kappa shape index (κ2) is 6.33. The van der Waals surface area contributed by atoms with Gasteiger partial charge in [0.15, 0.2) is 0 Å². The third-order valence-electron chi connectivity index (χ3n) is 0.213. The molecule has 0 aliphatic rings. The molecule has 0 saturated carbocycles. The van der Waals surface area contributed by atoms with E-state index < -0.39 is 15.6 Å². The molecule has 0 rings (SSSR count). The zero-order chi connectivity index (χ0) is 7.71. The number of hydrogen-bond donors (Lipinski definition) is 4. The molecule has 0 unspecified atom stereocenters. The summed E-state index contributed by atoms with van der Waals surface area (Å²) in [6, 6.07) is 0. The van der Waals surface area contributed by atoms with Crippen LogP contribution in [0.2, 0.25) is 0 Å². The molecule has 0 aromatic heterocycles. The molecular formula is H7KO8P2. The molecule has 11 heavy (non-hydrogen) atoms. The molecule has 0 amide bonds. The number of hydrogen-bond acceptors (Lipinski definition) is 3. The number of rotatable bonds is 2. The molecule has 0 heterocycles. The monoisotopic (exact) mass is 236 g/mol. The Labute approximate surface area is 104 Å². The van der Waals surface area contributed by atoms with Crippen molar-refractivity contribution >= 4 is 67.0 Å². The summed E-state index contributed by atoms with van der Waals surface area (Å²) in [5, 5.41) is 0. The zero-order valence-corrected chi connectivity index (χ0v) is 6.20. The van der Waals surface area contributed by atoms with Crippen molar-refractivity contribution in [2.24, 2.45) is 0 Å². The minimum absolute atomic E-state index is 0. The van der Waals surface area contributed by atoms with Crippen LogP contribution in [0.5, 0.6) is 0 Å². The van der Waals surface area contributed by atoms with E-state index in [4.69, 9.17) is 19.6 Å². The predicted octanol–water partition coefficient (Wildman–Crippen LogP) is -2.28. The Morgan fingerprint density at radius 2 is 1.09 bits per heavy atom. The Kier molecular flexibility index (Phi) is 10.7. The van der Waals surface area contributed by atoms with Crippen LogP contribution in [0.4, 0.5) is 0 Å². The third-order valence-corrected chi connectivity index (χ3v) is 1.91. The maximum absolute atomic E-state index is 9.63. The van der Waals surface area contributed by atoms with Crippen molar-refractivity contribution in [1.29, 1.82) is 0 Å². The van der Waals surface area contributed by atoms with Gasteiger partial charge >= 0.3 is 67.0 Å². The van der Waals surface area contributed by atoms with Crippen molar-refractivity contribution < 1.29 is 38.5 Å². The molecule has 0 spiro atoms. The Bertz CT molecular complexity index is 153. The maximum atomic E-state index is 9.63. The molecule has 8 nitrogen and oxygen atoms in total. The number of phosphoric acid groups is 2. The van der Waals surface area contributed by atoms with E-state index >= 15 is 0 Å². The molecule has 11 heteroatoms. The van der Waals surface area contributed by atoms with Crippen LogP contribution in [0.15, 0.2) is 0 Å². The van der Waals surface area contributed by atoms with E-state index in [-0.39, 0.29) is 56.9 Å². The van der Waals surface area contributed by atoms with Gasteiger partial charge in [-0.2, -0.15) is 4.31 Å². The topological polar surface area (TPSA) is 156 Å². The van der Waals surface area contributed by atoms with E-state index in [1.54, 1.807) is 0 Å². The van der Waals surface area contributed by atoms with Gasteiger partial charge in [-0.3, -0.25) is 0 Å². The van der Waals surface area contributed by atoms with Crippen LogP contribution in [0.25, 0.3) is 0 Å². The van der Waals surface area contributed by atoms with Crippen LogP contribution < -0.4 is 0 Å². The summed E-state index contributed by atoms with van der Waals surface area (Å²) in [5.74, 6) is 0. The molecule has 0 aliphatic carbocycles. The van der Waals surface area contributed by atoms with E-state index in [0.29, 0.717) is 0 Å². The molecular weight excluding hydrogens is 229 g/mol. The molecule has 0 radical (unpaired) electrons. The molecule has 0 atom stereocenters. The minimum atomic E-state index is -5.05. The first-order valence-electron chi connectivity index (χ1n) is 1.53. The van der Waals surface area contributed by atoms with Gasteiger partial charge in [0, 0.05) is 0 Å². The Hall–Kier alpha value is 1.86. The first-order valence-corrected chi connectivity index (χ1v) is 4.59. The SMILES string of the molecule is O.O=P(O)(O)OP(=O)(O)O.[KH]. The van der Waals surface area contributed by atoms with Gasteiger partial charge in [0.25, 0.3) is 0 Å². The van der Waals surface area contributed by atoms with E-state index in [0.717, 1.165) is 0 Å². The van der Waals surface area contributed by atoms with Gasteiger partial charge in [-0.15, -0.1) is 0 Å². The Morgan fingerprint density at radius 1 is 0.909 bits per heavy atom. The summed E-state index contributed by atoms with van der Waals surface area (Å²) in [4.78, 5) is 31.0. The van der Waals surface area contributed by atoms with Gasteiger partial charge in [-0.25, -0.2) is 9.13 Å². The molecule has 0 aromatic rings. The molecule has 0 bridgehead atoms. The van der Waals surface area contributed by atoms with Crippen LogP contribution in [0.3, 0.4) is 0 Å². The van der Waals surface area contributed by atoms with Crippen molar-refractivity contribution in [1.82, 2.24) is 0 Å². The summed E-state index contributed by atoms with van der Waals surface area (Å²) in [6.45, 7) is 0. The summed E-state index contributed by atoms with van der Waals surface area (Å²) in [6.07, 6.45) is 0. The van der Waals surface area contributed by atoms with Crippen molar-refractivity contribution in [2.45, 2.75) is 0 Å². The molecule has 0 aromatic carbocycles. The van der Waals surface area contributed by atoms with Crippen LogP contribution in [-0.4, -0.2) is 76.4 Å². The zero-order valence-electron chi connectivity index (χ0n) is 4.41. The fourth-order valence-electron chi connectivity index (χ4n) is 0.139. The van der Waals surface area contributed by atoms with Crippen LogP contribution in [0, 0.1) is 0 Å². The standard InChI is InChI=1S/K.H4O7P2.H2O.H/c;1-8(2,3)7-9(4,5)6;;/h;(H2,1,2,3)(H2,4,5,6);1H2;. The second-order valence-corrected chi connectivity index (χ2v) is 3.68. The molecule has 0 fully saturated rings. The van der Waals surface area contributed by atoms with Crippen molar-refractivity contribution in [3.8, 4) is 0 Å². The van der Waals surface area contributed by atoms with E-state index in [2.05, 4.69) is 4.31 Å². The van der Waals surface area contributed by atoms with Gasteiger partial charge in [0.05, 0.1) is 0 Å². The van der Waals surface area contributed by atoms with Crippen LogP contribution >= 0.6 is 15.6 Å². The van der Waals surface area contributed by atoms with Crippen molar-refractivity contribution in [3.63, 3.8) is 0 Å². The van der Waals surface area contributed by atoms with E-state index in [1.165, 1.54) is 0 Å². The van der Waals surface area contributed by atoms with E-state index in [9.17, 15) is 9.13 Å². The van der Waals surface area contributed by atoms with Crippen molar-refractivity contribution in [3.05, 3.63) is 0 Å². The summed E-state index contributed by atoms with van der Waals surface area (Å²) in [5.41, 5.74) is 0. The Balaban J connectivity index is -0.000000320. The summed E-state index contributed by atoms with van der Waals surface area (Å²) >= 11 is 0. The summed E-state index contributed by atoms with van der Waals surface area (Å²) < 4.78 is 22.2. The fourth-order valence-corrected chi connectivity index (χ4v) is 1.25. The Morgan fingerprint density at radius 3 is 1.09 bits per heavy atom. The first kappa shape index (κ1) is 18.6. The molecule has 66 valence electrons. The van der Waals surface area contributed by atoms with Gasteiger partial charge < -0.3 is 25.0 Å². The normalized spacial score (nSPS) is 11.3. The first-order chi connectivity index (χ1) is 3.71. The molecule has 0 saturated heterocycles. The van der Waals surface area contributed by atoms with Gasteiger partial charge in [-0.05, 0) is 0 Å². The van der Waals surface area contributed by atoms with Gasteiger partial charge in [0.1, 0.15) is 0 Å². The van der Waals surface area contributed by atoms with E-state index in [1.807, 2.05) is 0 Å². The van der Waals surface area contributed by atoms with Gasteiger partial charge in [0.2, 0.25) is 0 Å². The second-order valence-electron chi connectivity index (χ2n) is 1.06. The predicted molar refractivity (Wildman–Crippen MR) is 35.9 cm³/mol. The van der Waals surface area contributed by atoms with Crippen molar-refractivity contribution in [2.75, 3.05) is 0 Å². The fraction of sp³-hybridized carbons (Fsp3) is 0. The van der Waals surface area contributed by atoms with Crippen LogP contribution in [0.1, 0.15) is 0 Å². The molecule has 6 N–H and O–H groups in total. The molecule has 0 aliphatic heterocycles.